The van der Waals surface area contributed by atoms with Gasteiger partial charge in [-0.25, -0.2) is 0 Å². The molecule has 194 valence electrons. The normalized spacial score (nSPS) is 19.1. The molecule has 0 aromatic heterocycles. The molecular weight excluding hydrogens is 450 g/mol. The Morgan fingerprint density at radius 2 is 1.72 bits per heavy atom. The molecule has 0 bridgehead atoms. The number of piperidine rings is 1. The van der Waals surface area contributed by atoms with Crippen molar-refractivity contribution < 1.29 is 14.3 Å². The summed E-state index contributed by atoms with van der Waals surface area (Å²) in [7, 11) is 0. The van der Waals surface area contributed by atoms with E-state index in [-0.39, 0.29) is 17.2 Å². The summed E-state index contributed by atoms with van der Waals surface area (Å²) in [6.45, 7) is 7.86. The first-order valence-electron chi connectivity index (χ1n) is 13.6. The summed E-state index contributed by atoms with van der Waals surface area (Å²) in [5.74, 6) is 1.23. The molecule has 2 aromatic rings. The predicted molar refractivity (Wildman–Crippen MR) is 144 cm³/mol. The van der Waals surface area contributed by atoms with E-state index in [1.165, 1.54) is 5.56 Å². The summed E-state index contributed by atoms with van der Waals surface area (Å²) in [6, 6.07) is 16.3. The molecule has 0 unspecified atom stereocenters. The molecule has 0 saturated carbocycles. The molecule has 6 heteroatoms. The average molecular weight is 492 g/mol. The highest BCUT2D eigenvalue weighted by atomic mass is 16.5. The van der Waals surface area contributed by atoms with E-state index < -0.39 is 0 Å². The Morgan fingerprint density at radius 3 is 2.50 bits per heavy atom. The van der Waals surface area contributed by atoms with Crippen molar-refractivity contribution in [2.75, 3.05) is 44.6 Å². The number of aryl methyl sites for hydroxylation is 2. The lowest BCUT2D eigenvalue weighted by atomic mass is 9.73. The van der Waals surface area contributed by atoms with Crippen LogP contribution in [-0.2, 0) is 22.4 Å². The largest absolute Gasteiger partial charge is 0.491 e. The number of likely N-dealkylation sites (tertiary alicyclic amines) is 1. The number of carbonyl (C=O) groups excluding carboxylic acids is 2. The molecule has 4 rings (SSSR count). The summed E-state index contributed by atoms with van der Waals surface area (Å²) in [4.78, 5) is 30.8. The van der Waals surface area contributed by atoms with Gasteiger partial charge in [-0.3, -0.25) is 14.5 Å². The van der Waals surface area contributed by atoms with Crippen LogP contribution >= 0.6 is 0 Å². The molecule has 2 aliphatic rings. The second kappa shape index (κ2) is 12.4. The maximum atomic E-state index is 13.8. The van der Waals surface area contributed by atoms with Crippen molar-refractivity contribution in [2.24, 2.45) is 5.41 Å². The first kappa shape index (κ1) is 26.2. The number of nitrogens with zero attached hydrogens (tertiary/aromatic N) is 2. The van der Waals surface area contributed by atoms with Gasteiger partial charge in [0.25, 0.3) is 0 Å². The molecule has 6 nitrogen and oxygen atoms in total. The van der Waals surface area contributed by atoms with E-state index in [1.807, 2.05) is 35.2 Å². The Morgan fingerprint density at radius 1 is 0.972 bits per heavy atom. The van der Waals surface area contributed by atoms with Crippen molar-refractivity contribution in [3.8, 4) is 5.75 Å². The fourth-order valence-electron chi connectivity index (χ4n) is 5.69. The van der Waals surface area contributed by atoms with Crippen LogP contribution in [0.3, 0.4) is 0 Å². The van der Waals surface area contributed by atoms with Crippen LogP contribution < -0.4 is 10.1 Å². The van der Waals surface area contributed by atoms with Crippen LogP contribution in [0.15, 0.2) is 48.5 Å². The van der Waals surface area contributed by atoms with Gasteiger partial charge in [0.1, 0.15) is 12.4 Å². The lowest BCUT2D eigenvalue weighted by Crippen LogP contribution is -2.52. The van der Waals surface area contributed by atoms with Crippen LogP contribution in [0.4, 0.5) is 5.69 Å². The van der Waals surface area contributed by atoms with Crippen molar-refractivity contribution >= 4 is 17.5 Å². The molecule has 0 aliphatic carbocycles. The number of anilines is 1. The fourth-order valence-corrected chi connectivity index (χ4v) is 5.69. The molecule has 0 radical (unpaired) electrons. The number of ether oxygens (including phenoxy) is 1. The van der Waals surface area contributed by atoms with Crippen LogP contribution in [0.1, 0.15) is 57.1 Å². The summed E-state index contributed by atoms with van der Waals surface area (Å²) >= 11 is 0. The van der Waals surface area contributed by atoms with E-state index in [0.29, 0.717) is 26.2 Å². The zero-order valence-electron chi connectivity index (χ0n) is 21.9. The number of benzene rings is 2. The van der Waals surface area contributed by atoms with Gasteiger partial charge in [0.2, 0.25) is 11.8 Å². The Bertz CT molecular complexity index is 1030. The molecule has 1 saturated heterocycles. The Balaban J connectivity index is 1.39. The van der Waals surface area contributed by atoms with Gasteiger partial charge in [0.05, 0.1) is 18.5 Å². The molecule has 1 spiro atoms. The van der Waals surface area contributed by atoms with E-state index in [1.54, 1.807) is 0 Å². The lowest BCUT2D eigenvalue weighted by Gasteiger charge is -2.43. The van der Waals surface area contributed by atoms with Crippen molar-refractivity contribution in [2.45, 2.75) is 58.8 Å². The minimum Gasteiger partial charge on any atom is -0.491 e. The molecular formula is C30H41N3O3. The van der Waals surface area contributed by atoms with Crippen molar-refractivity contribution in [1.29, 1.82) is 0 Å². The van der Waals surface area contributed by atoms with Gasteiger partial charge >= 0.3 is 0 Å². The second-order valence-electron chi connectivity index (χ2n) is 10.2. The highest BCUT2D eigenvalue weighted by Gasteiger charge is 2.43. The Hall–Kier alpha value is -2.86. The monoisotopic (exact) mass is 491 g/mol. The number of rotatable bonds is 5. The third-order valence-electron chi connectivity index (χ3n) is 7.92. The van der Waals surface area contributed by atoms with Gasteiger partial charge in [0, 0.05) is 12.2 Å². The quantitative estimate of drug-likeness (QED) is 0.645. The van der Waals surface area contributed by atoms with E-state index in [2.05, 4.69) is 42.3 Å². The molecule has 2 aliphatic heterocycles. The summed E-state index contributed by atoms with van der Waals surface area (Å²) in [5.41, 5.74) is 2.96. The number of nitrogens with one attached hydrogen (secondary N) is 1. The molecule has 36 heavy (non-hydrogen) atoms. The molecule has 1 fully saturated rings. The molecule has 2 heterocycles. The lowest BCUT2D eigenvalue weighted by molar-refractivity contribution is -0.146. The van der Waals surface area contributed by atoms with E-state index >= 15 is 0 Å². The Kier molecular flexibility index (Phi) is 9.03. The molecule has 1 N–H and O–H groups in total. The zero-order chi connectivity index (χ0) is 25.4. The van der Waals surface area contributed by atoms with Crippen LogP contribution in [0.25, 0.3) is 0 Å². The van der Waals surface area contributed by atoms with E-state index in [4.69, 9.17) is 4.74 Å². The molecule has 0 atom stereocenters. The van der Waals surface area contributed by atoms with Gasteiger partial charge in [-0.05, 0) is 81.8 Å². The van der Waals surface area contributed by atoms with E-state index in [9.17, 15) is 9.59 Å². The number of hydrogen-bond donors (Lipinski definition) is 1. The molecule has 2 amide bonds. The Labute approximate surface area is 216 Å². The standard InChI is InChI=1S/C30H41N3O3/c1-3-24-11-5-7-14-26(24)31-28(34)23-32-19-17-30(18-20-32)16-10-9-13-25-12-6-8-15-27(25)36-22-21-33(4-2)29(30)35/h5-8,11-12,14-15H,3-4,9-10,13,16-23H2,1-2H3,(H,31,34). The van der Waals surface area contributed by atoms with Crippen LogP contribution in [0.5, 0.6) is 5.75 Å². The maximum Gasteiger partial charge on any atom is 0.238 e. The van der Waals surface area contributed by atoms with E-state index in [0.717, 1.165) is 75.0 Å². The number of likely N-dealkylation sites (N-methyl/N-ethyl adjacent to an activating group) is 1. The average Bonchev–Trinajstić information content (AvgIpc) is 2.90. The summed E-state index contributed by atoms with van der Waals surface area (Å²) in [5, 5.41) is 3.09. The second-order valence-corrected chi connectivity index (χ2v) is 10.2. The van der Waals surface area contributed by atoms with Gasteiger partial charge in [-0.1, -0.05) is 49.7 Å². The van der Waals surface area contributed by atoms with Gasteiger partial charge in [-0.2, -0.15) is 0 Å². The predicted octanol–water partition coefficient (Wildman–Crippen LogP) is 4.92. The minimum absolute atomic E-state index is 0.0165. The topological polar surface area (TPSA) is 61.9 Å². The van der Waals surface area contributed by atoms with Crippen LogP contribution in [-0.4, -0.2) is 60.9 Å². The highest BCUT2D eigenvalue weighted by molar-refractivity contribution is 5.93. The number of hydrogen-bond acceptors (Lipinski definition) is 4. The van der Waals surface area contributed by atoms with Crippen molar-refractivity contribution in [3.05, 3.63) is 59.7 Å². The molecule has 2 aromatic carbocycles. The number of para-hydroxylation sites is 2. The van der Waals surface area contributed by atoms with Gasteiger partial charge in [0.15, 0.2) is 0 Å². The number of amides is 2. The van der Waals surface area contributed by atoms with Crippen LogP contribution in [0, 0.1) is 5.41 Å². The third kappa shape index (κ3) is 6.28. The van der Waals surface area contributed by atoms with Crippen LogP contribution in [0.2, 0.25) is 0 Å². The number of fused-ring (bicyclic) bond motifs is 1. The first-order valence-corrected chi connectivity index (χ1v) is 13.6. The highest BCUT2D eigenvalue weighted by Crippen LogP contribution is 2.39. The van der Waals surface area contributed by atoms with Crippen molar-refractivity contribution in [3.63, 3.8) is 0 Å². The van der Waals surface area contributed by atoms with Crippen molar-refractivity contribution in [1.82, 2.24) is 9.80 Å². The third-order valence-corrected chi connectivity index (χ3v) is 7.92. The summed E-state index contributed by atoms with van der Waals surface area (Å²) in [6.07, 6.45) is 6.45. The zero-order valence-corrected chi connectivity index (χ0v) is 21.9. The fraction of sp³-hybridized carbons (Fsp3) is 0.533. The SMILES string of the molecule is CCc1ccccc1NC(=O)CN1CCC2(CCCCc3ccccc3OCCN(CC)C2=O)CC1. The first-order chi connectivity index (χ1) is 17.5. The maximum absolute atomic E-state index is 13.8. The smallest absolute Gasteiger partial charge is 0.238 e. The summed E-state index contributed by atoms with van der Waals surface area (Å²) < 4.78 is 6.10. The number of carbonyl (C=O) groups is 2. The minimum atomic E-state index is -0.337. The van der Waals surface area contributed by atoms with Gasteiger partial charge in [-0.15, -0.1) is 0 Å². The van der Waals surface area contributed by atoms with Gasteiger partial charge < -0.3 is 15.0 Å².